The largest absolute Gasteiger partial charge is 0.384 e. The van der Waals surface area contributed by atoms with Crippen LogP contribution in [0.2, 0.25) is 0 Å². The van der Waals surface area contributed by atoms with E-state index >= 15 is 0 Å². The zero-order valence-corrected chi connectivity index (χ0v) is 11.5. The molecule has 0 spiro atoms. The van der Waals surface area contributed by atoms with Crippen LogP contribution in [-0.2, 0) is 6.42 Å². The van der Waals surface area contributed by atoms with Gasteiger partial charge in [-0.3, -0.25) is 0 Å². The third kappa shape index (κ3) is 5.68. The van der Waals surface area contributed by atoms with E-state index in [9.17, 15) is 0 Å². The number of nitrogens with two attached hydrogens (primary N) is 1. The number of nitrogen functional groups attached to an aromatic ring is 1. The highest BCUT2D eigenvalue weighted by Gasteiger charge is 2.18. The maximum Gasteiger partial charge on any atom is 0.123 e. The third-order valence-electron chi connectivity index (χ3n) is 2.68. The predicted octanol–water partition coefficient (Wildman–Crippen LogP) is 2.62. The van der Waals surface area contributed by atoms with Gasteiger partial charge in [0, 0.05) is 12.2 Å². The van der Waals surface area contributed by atoms with Crippen molar-refractivity contribution in [3.8, 4) is 0 Å². The smallest absolute Gasteiger partial charge is 0.123 e. The molecule has 3 nitrogen and oxygen atoms in total. The molecule has 0 saturated carbocycles. The van der Waals surface area contributed by atoms with Crippen molar-refractivity contribution in [1.29, 1.82) is 0 Å². The Morgan fingerprint density at radius 2 is 2.12 bits per heavy atom. The van der Waals surface area contributed by atoms with E-state index in [2.05, 4.69) is 38.0 Å². The van der Waals surface area contributed by atoms with Crippen LogP contribution in [0.15, 0.2) is 18.3 Å². The molecule has 0 aliphatic rings. The fourth-order valence-electron chi connectivity index (χ4n) is 2.15. The lowest BCUT2D eigenvalue weighted by molar-refractivity contribution is 0.309. The molecule has 1 unspecified atom stereocenters. The third-order valence-corrected chi connectivity index (χ3v) is 2.68. The first-order chi connectivity index (χ1) is 7.90. The summed E-state index contributed by atoms with van der Waals surface area (Å²) in [4.78, 5) is 4.03. The van der Waals surface area contributed by atoms with Gasteiger partial charge in [-0.1, -0.05) is 27.7 Å². The number of likely N-dealkylation sites (N-methyl/N-ethyl adjacent to an activating group) is 1. The number of nitrogens with one attached hydrogen (secondary N) is 1. The predicted molar refractivity (Wildman–Crippen MR) is 73.9 cm³/mol. The summed E-state index contributed by atoms with van der Waals surface area (Å²) in [6.07, 6.45) is 3.95. The van der Waals surface area contributed by atoms with E-state index in [1.54, 1.807) is 6.20 Å². The summed E-state index contributed by atoms with van der Waals surface area (Å²) in [6, 6.07) is 4.51. The van der Waals surface area contributed by atoms with E-state index in [-0.39, 0.29) is 0 Å². The highest BCUT2D eigenvalue weighted by atomic mass is 14.9. The van der Waals surface area contributed by atoms with Crippen LogP contribution < -0.4 is 11.1 Å². The zero-order valence-electron chi connectivity index (χ0n) is 11.5. The summed E-state index contributed by atoms with van der Waals surface area (Å²) in [6.45, 7) is 9.98. The van der Waals surface area contributed by atoms with E-state index in [4.69, 9.17) is 5.73 Å². The van der Waals surface area contributed by atoms with Crippen molar-refractivity contribution in [3.05, 3.63) is 23.9 Å². The van der Waals surface area contributed by atoms with Crippen molar-refractivity contribution in [1.82, 2.24) is 10.3 Å². The minimum absolute atomic E-state index is 0.339. The van der Waals surface area contributed by atoms with Crippen LogP contribution in [-0.4, -0.2) is 17.6 Å². The van der Waals surface area contributed by atoms with E-state index in [0.29, 0.717) is 17.3 Å². The van der Waals surface area contributed by atoms with Crippen LogP contribution in [0.5, 0.6) is 0 Å². The molecule has 0 saturated heterocycles. The molecule has 0 amide bonds. The van der Waals surface area contributed by atoms with Gasteiger partial charge in [0.15, 0.2) is 0 Å². The number of anilines is 1. The summed E-state index contributed by atoms with van der Waals surface area (Å²) in [5.41, 5.74) is 7.30. The van der Waals surface area contributed by atoms with Crippen LogP contribution in [0, 0.1) is 5.41 Å². The van der Waals surface area contributed by atoms with Crippen LogP contribution in [0.1, 0.15) is 39.7 Å². The van der Waals surface area contributed by atoms with E-state index in [1.807, 2.05) is 12.1 Å². The van der Waals surface area contributed by atoms with Crippen molar-refractivity contribution >= 4 is 5.82 Å². The van der Waals surface area contributed by atoms with Crippen LogP contribution >= 0.6 is 0 Å². The molecule has 0 aliphatic carbocycles. The van der Waals surface area contributed by atoms with Crippen molar-refractivity contribution < 1.29 is 0 Å². The van der Waals surface area contributed by atoms with Crippen molar-refractivity contribution in [3.63, 3.8) is 0 Å². The maximum absolute atomic E-state index is 5.70. The van der Waals surface area contributed by atoms with Gasteiger partial charge in [-0.25, -0.2) is 4.98 Å². The number of hydrogen-bond acceptors (Lipinski definition) is 3. The second-order valence-electron chi connectivity index (χ2n) is 5.81. The maximum atomic E-state index is 5.70. The normalized spacial score (nSPS) is 13.6. The highest BCUT2D eigenvalue weighted by Crippen LogP contribution is 2.22. The van der Waals surface area contributed by atoms with Gasteiger partial charge in [-0.2, -0.15) is 0 Å². The quantitative estimate of drug-likeness (QED) is 0.825. The molecular formula is C14H25N3. The lowest BCUT2D eigenvalue weighted by atomic mass is 9.86. The molecule has 17 heavy (non-hydrogen) atoms. The summed E-state index contributed by atoms with van der Waals surface area (Å²) < 4.78 is 0. The second-order valence-corrected chi connectivity index (χ2v) is 5.81. The minimum Gasteiger partial charge on any atom is -0.384 e. The van der Waals surface area contributed by atoms with E-state index in [1.165, 1.54) is 5.56 Å². The number of pyridine rings is 1. The first-order valence-electron chi connectivity index (χ1n) is 6.34. The van der Waals surface area contributed by atoms with Crippen molar-refractivity contribution in [2.75, 3.05) is 12.3 Å². The van der Waals surface area contributed by atoms with E-state index in [0.717, 1.165) is 19.4 Å². The Kier molecular flexibility index (Phi) is 4.94. The van der Waals surface area contributed by atoms with Gasteiger partial charge in [0.05, 0.1) is 0 Å². The Hall–Kier alpha value is -1.09. The van der Waals surface area contributed by atoms with Gasteiger partial charge in [-0.15, -0.1) is 0 Å². The summed E-state index contributed by atoms with van der Waals surface area (Å²) in [5.74, 6) is 0.605. The molecule has 3 N–H and O–H groups in total. The first kappa shape index (κ1) is 14.0. The minimum atomic E-state index is 0.339. The van der Waals surface area contributed by atoms with Crippen molar-refractivity contribution in [2.24, 2.45) is 5.41 Å². The molecule has 0 bridgehead atoms. The van der Waals surface area contributed by atoms with Crippen LogP contribution in [0.25, 0.3) is 0 Å². The molecule has 1 heterocycles. The van der Waals surface area contributed by atoms with Gasteiger partial charge < -0.3 is 11.1 Å². The summed E-state index contributed by atoms with van der Waals surface area (Å²) in [5, 5.41) is 3.55. The summed E-state index contributed by atoms with van der Waals surface area (Å²) in [7, 11) is 0. The Bertz CT molecular complexity index is 342. The second kappa shape index (κ2) is 6.01. The molecule has 1 aromatic heterocycles. The van der Waals surface area contributed by atoms with Crippen molar-refractivity contribution in [2.45, 2.75) is 46.6 Å². The molecule has 1 atom stereocenters. The Morgan fingerprint density at radius 3 is 2.65 bits per heavy atom. The Balaban J connectivity index is 2.66. The average molecular weight is 235 g/mol. The molecule has 0 fully saturated rings. The Labute approximate surface area is 105 Å². The van der Waals surface area contributed by atoms with Crippen LogP contribution in [0.4, 0.5) is 5.82 Å². The SMILES string of the molecule is CCNC(Cc1ccnc(N)c1)CC(C)(C)C. The van der Waals surface area contributed by atoms with Gasteiger partial charge >= 0.3 is 0 Å². The fraction of sp³-hybridized carbons (Fsp3) is 0.643. The average Bonchev–Trinajstić information content (AvgIpc) is 2.15. The van der Waals surface area contributed by atoms with Gasteiger partial charge in [-0.05, 0) is 42.5 Å². The number of nitrogens with zero attached hydrogens (tertiary/aromatic N) is 1. The summed E-state index contributed by atoms with van der Waals surface area (Å²) >= 11 is 0. The lowest BCUT2D eigenvalue weighted by Gasteiger charge is -2.26. The van der Waals surface area contributed by atoms with E-state index < -0.39 is 0 Å². The molecule has 0 radical (unpaired) electrons. The number of aromatic nitrogens is 1. The number of hydrogen-bond donors (Lipinski definition) is 2. The molecule has 0 aliphatic heterocycles. The fourth-order valence-corrected chi connectivity index (χ4v) is 2.15. The van der Waals surface area contributed by atoms with Crippen LogP contribution in [0.3, 0.4) is 0 Å². The molecule has 1 aromatic rings. The number of rotatable bonds is 5. The highest BCUT2D eigenvalue weighted by molar-refractivity contribution is 5.32. The van der Waals surface area contributed by atoms with Gasteiger partial charge in [0.25, 0.3) is 0 Å². The molecule has 96 valence electrons. The Morgan fingerprint density at radius 1 is 1.41 bits per heavy atom. The topological polar surface area (TPSA) is 50.9 Å². The lowest BCUT2D eigenvalue weighted by Crippen LogP contribution is -2.34. The monoisotopic (exact) mass is 235 g/mol. The standard InChI is InChI=1S/C14H25N3/c1-5-16-12(10-14(2,3)4)8-11-6-7-17-13(15)9-11/h6-7,9,12,16H,5,8,10H2,1-4H3,(H2,15,17). The molecule has 0 aromatic carbocycles. The zero-order chi connectivity index (χ0) is 12.9. The molecular weight excluding hydrogens is 210 g/mol. The van der Waals surface area contributed by atoms with Gasteiger partial charge in [0.2, 0.25) is 0 Å². The molecule has 3 heteroatoms. The van der Waals surface area contributed by atoms with Gasteiger partial charge in [0.1, 0.15) is 5.82 Å². The first-order valence-corrected chi connectivity index (χ1v) is 6.34. The molecule has 1 rings (SSSR count).